The van der Waals surface area contributed by atoms with E-state index in [0.717, 1.165) is 48.2 Å². The first-order valence-corrected chi connectivity index (χ1v) is 8.74. The minimum absolute atomic E-state index is 0. The number of methoxy groups -OCH3 is 1. The van der Waals surface area contributed by atoms with E-state index in [4.69, 9.17) is 14.2 Å². The molecule has 27 heavy (non-hydrogen) atoms. The molecule has 0 saturated carbocycles. The molecule has 0 aromatic heterocycles. The number of nitrogens with zero attached hydrogens (tertiary/aromatic N) is 1. The van der Waals surface area contributed by atoms with Gasteiger partial charge in [0.1, 0.15) is 5.75 Å². The van der Waals surface area contributed by atoms with Crippen molar-refractivity contribution in [1.82, 2.24) is 10.6 Å². The molecule has 2 aromatic carbocycles. The molecule has 1 aliphatic rings. The molecule has 0 atom stereocenters. The largest absolute Gasteiger partial charge is 0.497 e. The summed E-state index contributed by atoms with van der Waals surface area (Å²) in [6, 6.07) is 14.1. The van der Waals surface area contributed by atoms with Gasteiger partial charge >= 0.3 is 0 Å². The van der Waals surface area contributed by atoms with Gasteiger partial charge < -0.3 is 24.8 Å². The van der Waals surface area contributed by atoms with Crippen molar-refractivity contribution in [3.63, 3.8) is 0 Å². The number of nitrogens with one attached hydrogen (secondary N) is 2. The van der Waals surface area contributed by atoms with Crippen LogP contribution in [0.15, 0.2) is 47.5 Å². The van der Waals surface area contributed by atoms with Crippen LogP contribution >= 0.6 is 24.0 Å². The van der Waals surface area contributed by atoms with E-state index in [-0.39, 0.29) is 24.0 Å². The standard InChI is InChI=1S/C20H25N3O3.HI/c1-21-20(22-11-3-4-15-5-8-17(24-2)9-6-15)23-13-16-7-10-18-19(12-16)26-14-25-18;/h5-10,12H,3-4,11,13-14H2,1-2H3,(H2,21,22,23);1H. The van der Waals surface area contributed by atoms with Crippen molar-refractivity contribution < 1.29 is 14.2 Å². The van der Waals surface area contributed by atoms with Crippen molar-refractivity contribution >= 4 is 29.9 Å². The van der Waals surface area contributed by atoms with Gasteiger partial charge in [0, 0.05) is 20.1 Å². The zero-order chi connectivity index (χ0) is 18.2. The molecule has 0 amide bonds. The normalized spacial score (nSPS) is 12.3. The van der Waals surface area contributed by atoms with Gasteiger partial charge in [-0.25, -0.2) is 0 Å². The Morgan fingerprint density at radius 2 is 1.78 bits per heavy atom. The molecule has 0 unspecified atom stereocenters. The summed E-state index contributed by atoms with van der Waals surface area (Å²) in [6.45, 7) is 1.82. The lowest BCUT2D eigenvalue weighted by Crippen LogP contribution is -2.37. The van der Waals surface area contributed by atoms with Crippen molar-refractivity contribution in [2.45, 2.75) is 19.4 Å². The number of halogens is 1. The predicted molar refractivity (Wildman–Crippen MR) is 117 cm³/mol. The Kier molecular flexibility index (Phi) is 8.50. The van der Waals surface area contributed by atoms with E-state index in [1.54, 1.807) is 14.2 Å². The lowest BCUT2D eigenvalue weighted by atomic mass is 10.1. The van der Waals surface area contributed by atoms with Crippen LogP contribution in [0.4, 0.5) is 0 Å². The fourth-order valence-corrected chi connectivity index (χ4v) is 2.75. The molecule has 146 valence electrons. The van der Waals surface area contributed by atoms with E-state index in [9.17, 15) is 0 Å². The Balaban J connectivity index is 0.00000261. The number of guanidine groups is 1. The highest BCUT2D eigenvalue weighted by atomic mass is 127. The summed E-state index contributed by atoms with van der Waals surface area (Å²) < 4.78 is 15.9. The predicted octanol–water partition coefficient (Wildman–Crippen LogP) is 3.34. The second-order valence-corrected chi connectivity index (χ2v) is 5.99. The fraction of sp³-hybridized carbons (Fsp3) is 0.350. The van der Waals surface area contributed by atoms with Gasteiger partial charge in [-0.05, 0) is 48.2 Å². The van der Waals surface area contributed by atoms with Gasteiger partial charge in [0.05, 0.1) is 7.11 Å². The Morgan fingerprint density at radius 1 is 1.04 bits per heavy atom. The average molecular weight is 483 g/mol. The van der Waals surface area contributed by atoms with Gasteiger partial charge in [-0.15, -0.1) is 24.0 Å². The molecule has 0 aliphatic carbocycles. The Morgan fingerprint density at radius 3 is 2.52 bits per heavy atom. The number of fused-ring (bicyclic) bond motifs is 1. The summed E-state index contributed by atoms with van der Waals surface area (Å²) in [6.07, 6.45) is 2.03. The van der Waals surface area contributed by atoms with Crippen molar-refractivity contribution in [3.05, 3.63) is 53.6 Å². The summed E-state index contributed by atoms with van der Waals surface area (Å²) in [5, 5.41) is 6.66. The summed E-state index contributed by atoms with van der Waals surface area (Å²) in [4.78, 5) is 4.26. The molecule has 2 N–H and O–H groups in total. The monoisotopic (exact) mass is 483 g/mol. The molecule has 0 spiro atoms. The lowest BCUT2D eigenvalue weighted by Gasteiger charge is -2.12. The van der Waals surface area contributed by atoms with Crippen molar-refractivity contribution in [3.8, 4) is 17.2 Å². The molecule has 0 bridgehead atoms. The molecule has 3 rings (SSSR count). The van der Waals surface area contributed by atoms with Gasteiger partial charge in [0.15, 0.2) is 17.5 Å². The molecule has 7 heteroatoms. The van der Waals surface area contributed by atoms with Crippen LogP contribution in [0.25, 0.3) is 0 Å². The van der Waals surface area contributed by atoms with E-state index in [2.05, 4.69) is 27.8 Å². The highest BCUT2D eigenvalue weighted by Crippen LogP contribution is 2.32. The van der Waals surface area contributed by atoms with Crippen LogP contribution in [-0.2, 0) is 13.0 Å². The van der Waals surface area contributed by atoms with E-state index >= 15 is 0 Å². The van der Waals surface area contributed by atoms with E-state index in [1.165, 1.54) is 5.56 Å². The third-order valence-electron chi connectivity index (χ3n) is 4.21. The maximum absolute atomic E-state index is 5.40. The molecule has 2 aromatic rings. The van der Waals surface area contributed by atoms with Gasteiger partial charge in [-0.3, -0.25) is 4.99 Å². The minimum atomic E-state index is 0. The second kappa shape index (κ2) is 10.9. The zero-order valence-corrected chi connectivity index (χ0v) is 18.0. The number of rotatable bonds is 7. The molecule has 6 nitrogen and oxygen atoms in total. The molecule has 1 aliphatic heterocycles. The highest BCUT2D eigenvalue weighted by molar-refractivity contribution is 14.0. The molecule has 0 saturated heterocycles. The van der Waals surface area contributed by atoms with E-state index in [1.807, 2.05) is 30.3 Å². The van der Waals surface area contributed by atoms with E-state index in [0.29, 0.717) is 13.3 Å². The van der Waals surface area contributed by atoms with Crippen LogP contribution < -0.4 is 24.8 Å². The summed E-state index contributed by atoms with van der Waals surface area (Å²) >= 11 is 0. The number of hydrogen-bond donors (Lipinski definition) is 2. The first-order chi connectivity index (χ1) is 12.8. The number of aliphatic imine (C=N–C) groups is 1. The van der Waals surface area contributed by atoms with Crippen molar-refractivity contribution in [1.29, 1.82) is 0 Å². The fourth-order valence-electron chi connectivity index (χ4n) is 2.75. The van der Waals surface area contributed by atoms with Crippen LogP contribution in [0.5, 0.6) is 17.2 Å². The first-order valence-electron chi connectivity index (χ1n) is 8.74. The third-order valence-corrected chi connectivity index (χ3v) is 4.21. The van der Waals surface area contributed by atoms with Gasteiger partial charge in [0.25, 0.3) is 0 Å². The summed E-state index contributed by atoms with van der Waals surface area (Å²) in [5.41, 5.74) is 2.42. The Hall–Kier alpha value is -2.16. The van der Waals surface area contributed by atoms with Crippen LogP contribution in [0.3, 0.4) is 0 Å². The Bertz CT molecular complexity index is 751. The third kappa shape index (κ3) is 6.20. The number of hydrogen-bond acceptors (Lipinski definition) is 4. The molecule has 0 radical (unpaired) electrons. The van der Waals surface area contributed by atoms with Gasteiger partial charge in [0.2, 0.25) is 6.79 Å². The van der Waals surface area contributed by atoms with Crippen LogP contribution in [0.1, 0.15) is 17.5 Å². The molecular formula is C20H26IN3O3. The molecule has 0 fully saturated rings. The second-order valence-electron chi connectivity index (χ2n) is 5.99. The van der Waals surface area contributed by atoms with E-state index < -0.39 is 0 Å². The van der Waals surface area contributed by atoms with Gasteiger partial charge in [-0.1, -0.05) is 18.2 Å². The summed E-state index contributed by atoms with van der Waals surface area (Å²) in [7, 11) is 3.46. The molecular weight excluding hydrogens is 457 g/mol. The summed E-state index contributed by atoms with van der Waals surface area (Å²) in [5.74, 6) is 3.28. The van der Waals surface area contributed by atoms with Crippen molar-refractivity contribution in [2.75, 3.05) is 27.5 Å². The SMILES string of the molecule is CN=C(NCCCc1ccc(OC)cc1)NCc1ccc2c(c1)OCO2.I. The van der Waals surface area contributed by atoms with Gasteiger partial charge in [-0.2, -0.15) is 0 Å². The number of aryl methyl sites for hydroxylation is 1. The maximum atomic E-state index is 5.40. The topological polar surface area (TPSA) is 64.1 Å². The number of benzene rings is 2. The van der Waals surface area contributed by atoms with Crippen LogP contribution in [0, 0.1) is 0 Å². The van der Waals surface area contributed by atoms with Crippen LogP contribution in [-0.4, -0.2) is 33.5 Å². The maximum Gasteiger partial charge on any atom is 0.231 e. The first kappa shape index (κ1) is 21.1. The lowest BCUT2D eigenvalue weighted by molar-refractivity contribution is 0.174. The smallest absolute Gasteiger partial charge is 0.231 e. The molecule has 1 heterocycles. The highest BCUT2D eigenvalue weighted by Gasteiger charge is 2.13. The number of ether oxygens (including phenoxy) is 3. The minimum Gasteiger partial charge on any atom is -0.497 e. The zero-order valence-electron chi connectivity index (χ0n) is 15.7. The van der Waals surface area contributed by atoms with Crippen LogP contribution in [0.2, 0.25) is 0 Å². The van der Waals surface area contributed by atoms with Crippen molar-refractivity contribution in [2.24, 2.45) is 4.99 Å². The quantitative estimate of drug-likeness (QED) is 0.274. The Labute approximate surface area is 177 Å². The average Bonchev–Trinajstić information content (AvgIpc) is 3.15.